The molecule has 3 aromatic rings. The summed E-state index contributed by atoms with van der Waals surface area (Å²) in [5.74, 6) is 0.656. The Morgan fingerprint density at radius 3 is 2.24 bits per heavy atom. The highest BCUT2D eigenvalue weighted by Crippen LogP contribution is 2.49. The summed E-state index contributed by atoms with van der Waals surface area (Å²) >= 11 is 1.45. The lowest BCUT2D eigenvalue weighted by molar-refractivity contribution is 0.0856. The van der Waals surface area contributed by atoms with E-state index in [1.165, 1.54) is 22.5 Å². The summed E-state index contributed by atoms with van der Waals surface area (Å²) < 4.78 is 5.82. The summed E-state index contributed by atoms with van der Waals surface area (Å²) in [5.41, 5.74) is 4.71. The van der Waals surface area contributed by atoms with Gasteiger partial charge in [0.2, 0.25) is 0 Å². The van der Waals surface area contributed by atoms with Gasteiger partial charge in [-0.25, -0.2) is 0 Å². The van der Waals surface area contributed by atoms with Gasteiger partial charge in [-0.05, 0) is 71.6 Å². The lowest BCUT2D eigenvalue weighted by Crippen LogP contribution is -2.36. The van der Waals surface area contributed by atoms with Gasteiger partial charge >= 0.3 is 0 Å². The summed E-state index contributed by atoms with van der Waals surface area (Å²) in [5, 5.41) is 13.6. The minimum Gasteiger partial charge on any atom is -0.496 e. The third-order valence-electron chi connectivity index (χ3n) is 7.24. The zero-order valence-electron chi connectivity index (χ0n) is 20.9. The van der Waals surface area contributed by atoms with Crippen molar-refractivity contribution in [1.29, 1.82) is 0 Å². The minimum absolute atomic E-state index is 0.0896. The molecule has 2 unspecified atom stereocenters. The number of aliphatic hydroxyl groups is 1. The quantitative estimate of drug-likeness (QED) is 0.419. The molecule has 0 aliphatic heterocycles. The molecule has 0 saturated carbocycles. The number of nitrogens with one attached hydrogen (secondary N) is 1. The Labute approximate surface area is 207 Å². The zero-order chi connectivity index (χ0) is 24.7. The molecule has 5 heteroatoms. The van der Waals surface area contributed by atoms with Crippen LogP contribution in [-0.2, 0) is 10.8 Å². The highest BCUT2D eigenvalue weighted by atomic mass is 32.1. The number of carbonyl (C=O) groups excluding carboxylic acids is 1. The number of fused-ring (bicyclic) bond motifs is 1. The molecular formula is C29H35NO3S. The van der Waals surface area contributed by atoms with Crippen molar-refractivity contribution >= 4 is 17.2 Å². The molecule has 4 nitrogen and oxygen atoms in total. The molecule has 1 heterocycles. The first-order chi connectivity index (χ1) is 16.0. The molecular weight excluding hydrogens is 442 g/mol. The number of aliphatic hydroxyl groups excluding tert-OH is 1. The topological polar surface area (TPSA) is 58.6 Å². The van der Waals surface area contributed by atoms with Crippen LogP contribution in [-0.4, -0.2) is 24.2 Å². The third-order valence-corrected chi connectivity index (χ3v) is 8.36. The number of ether oxygens (including phenoxy) is 1. The van der Waals surface area contributed by atoms with Crippen LogP contribution in [0.15, 0.2) is 54.6 Å². The number of benzene rings is 2. The van der Waals surface area contributed by atoms with Gasteiger partial charge in [0, 0.05) is 10.4 Å². The Balaban J connectivity index is 1.61. The van der Waals surface area contributed by atoms with Crippen LogP contribution in [0.3, 0.4) is 0 Å². The summed E-state index contributed by atoms with van der Waals surface area (Å²) in [6.45, 7) is 11.0. The van der Waals surface area contributed by atoms with E-state index >= 15 is 0 Å². The first-order valence-electron chi connectivity index (χ1n) is 11.9. The maximum absolute atomic E-state index is 13.0. The van der Waals surface area contributed by atoms with Crippen LogP contribution < -0.4 is 10.1 Å². The van der Waals surface area contributed by atoms with Gasteiger partial charge in [0.05, 0.1) is 24.1 Å². The molecule has 2 aromatic carbocycles. The van der Waals surface area contributed by atoms with Crippen molar-refractivity contribution in [2.75, 3.05) is 7.11 Å². The van der Waals surface area contributed by atoms with Crippen LogP contribution in [0.2, 0.25) is 0 Å². The van der Waals surface area contributed by atoms with E-state index in [9.17, 15) is 9.90 Å². The predicted octanol–water partition coefficient (Wildman–Crippen LogP) is 6.62. The first kappa shape index (κ1) is 24.5. The second-order valence-corrected chi connectivity index (χ2v) is 11.7. The number of thiophene rings is 1. The van der Waals surface area contributed by atoms with Crippen molar-refractivity contribution in [3.8, 4) is 16.2 Å². The minimum atomic E-state index is -0.768. The number of hydrogen-bond acceptors (Lipinski definition) is 4. The van der Waals surface area contributed by atoms with Crippen molar-refractivity contribution in [2.24, 2.45) is 0 Å². The first-order valence-corrected chi connectivity index (χ1v) is 12.7. The Hall–Kier alpha value is -2.63. The third kappa shape index (κ3) is 4.64. The van der Waals surface area contributed by atoms with Crippen LogP contribution >= 0.6 is 11.3 Å². The van der Waals surface area contributed by atoms with Gasteiger partial charge in [0.15, 0.2) is 0 Å². The Bertz CT molecular complexity index is 1180. The molecule has 1 aliphatic carbocycles. The maximum Gasteiger partial charge on any atom is 0.261 e. The number of amides is 1. The van der Waals surface area contributed by atoms with E-state index in [4.69, 9.17) is 4.74 Å². The molecule has 2 atom stereocenters. The van der Waals surface area contributed by atoms with Crippen LogP contribution in [0.25, 0.3) is 10.4 Å². The Morgan fingerprint density at radius 1 is 1.00 bits per heavy atom. The van der Waals surface area contributed by atoms with Crippen LogP contribution in [0.4, 0.5) is 0 Å². The van der Waals surface area contributed by atoms with Crippen molar-refractivity contribution in [3.63, 3.8) is 0 Å². The van der Waals surface area contributed by atoms with Crippen molar-refractivity contribution < 1.29 is 14.6 Å². The van der Waals surface area contributed by atoms with E-state index in [1.807, 2.05) is 49.4 Å². The van der Waals surface area contributed by atoms with Gasteiger partial charge in [0.1, 0.15) is 5.75 Å². The van der Waals surface area contributed by atoms with E-state index in [0.717, 1.165) is 34.6 Å². The van der Waals surface area contributed by atoms with Gasteiger partial charge in [-0.15, -0.1) is 11.3 Å². The van der Waals surface area contributed by atoms with E-state index in [2.05, 4.69) is 45.1 Å². The van der Waals surface area contributed by atoms with Crippen molar-refractivity contribution in [3.05, 3.63) is 76.2 Å². The molecule has 0 saturated heterocycles. The standard InChI is InChI=1S/C29H35NO3S/c1-18(26(31)19-10-8-7-9-11-19)30-27(32)25-13-12-24(34-25)20-16-21-22(17-23(20)33-6)29(4,5)15-14-28(21,2)3/h7-13,16-18,26,31H,14-15H2,1-6H3,(H,30,32). The SMILES string of the molecule is COc1cc2c(cc1-c1ccc(C(=O)NC(C)C(O)c3ccccc3)s1)C(C)(C)CCC2(C)C. The van der Waals surface area contributed by atoms with E-state index in [1.54, 1.807) is 7.11 Å². The average Bonchev–Trinajstić information content (AvgIpc) is 3.31. The summed E-state index contributed by atoms with van der Waals surface area (Å²) in [6.07, 6.45) is 1.51. The normalized spacial score (nSPS) is 18.0. The Kier molecular flexibility index (Phi) is 6.63. The molecule has 1 aromatic heterocycles. The predicted molar refractivity (Wildman–Crippen MR) is 140 cm³/mol. The van der Waals surface area contributed by atoms with Crippen LogP contribution in [0.1, 0.15) is 79.9 Å². The van der Waals surface area contributed by atoms with Crippen molar-refractivity contribution in [2.45, 2.75) is 70.4 Å². The molecule has 0 radical (unpaired) electrons. The Morgan fingerprint density at radius 2 is 1.62 bits per heavy atom. The molecule has 0 fully saturated rings. The summed E-state index contributed by atoms with van der Waals surface area (Å²) in [4.78, 5) is 14.6. The van der Waals surface area contributed by atoms with Crippen molar-refractivity contribution in [1.82, 2.24) is 5.32 Å². The summed E-state index contributed by atoms with van der Waals surface area (Å²) in [6, 6.07) is 17.3. The number of methoxy groups -OCH3 is 1. The number of carbonyl (C=O) groups is 1. The van der Waals surface area contributed by atoms with Gasteiger partial charge in [-0.3, -0.25) is 4.79 Å². The smallest absolute Gasteiger partial charge is 0.261 e. The number of hydrogen-bond donors (Lipinski definition) is 2. The lowest BCUT2D eigenvalue weighted by atomic mass is 9.63. The molecule has 0 spiro atoms. The monoisotopic (exact) mass is 477 g/mol. The highest BCUT2D eigenvalue weighted by molar-refractivity contribution is 7.17. The fraction of sp³-hybridized carbons (Fsp3) is 0.414. The van der Waals surface area contributed by atoms with Gasteiger partial charge in [-0.2, -0.15) is 0 Å². The fourth-order valence-corrected chi connectivity index (χ4v) is 5.79. The molecule has 1 aliphatic rings. The van der Waals surface area contributed by atoms with Crippen LogP contribution in [0, 0.1) is 0 Å². The molecule has 4 rings (SSSR count). The van der Waals surface area contributed by atoms with E-state index in [-0.39, 0.29) is 16.7 Å². The van der Waals surface area contributed by atoms with Gasteiger partial charge in [0.25, 0.3) is 5.91 Å². The number of rotatable bonds is 6. The van der Waals surface area contributed by atoms with Gasteiger partial charge in [-0.1, -0.05) is 58.0 Å². The van der Waals surface area contributed by atoms with E-state index < -0.39 is 12.1 Å². The molecule has 0 bridgehead atoms. The zero-order valence-corrected chi connectivity index (χ0v) is 21.8. The summed E-state index contributed by atoms with van der Waals surface area (Å²) in [7, 11) is 1.71. The van der Waals surface area contributed by atoms with E-state index in [0.29, 0.717) is 4.88 Å². The molecule has 34 heavy (non-hydrogen) atoms. The molecule has 2 N–H and O–H groups in total. The lowest BCUT2D eigenvalue weighted by Gasteiger charge is -2.42. The highest BCUT2D eigenvalue weighted by Gasteiger charge is 2.38. The molecule has 1 amide bonds. The van der Waals surface area contributed by atoms with Crippen LogP contribution in [0.5, 0.6) is 5.75 Å². The fourth-order valence-electron chi connectivity index (χ4n) is 4.86. The average molecular weight is 478 g/mol. The largest absolute Gasteiger partial charge is 0.496 e. The maximum atomic E-state index is 13.0. The second kappa shape index (κ2) is 9.20. The van der Waals surface area contributed by atoms with Gasteiger partial charge < -0.3 is 15.2 Å². The second-order valence-electron chi connectivity index (χ2n) is 10.6. The molecule has 180 valence electrons.